The zero-order valence-corrected chi connectivity index (χ0v) is 19.8. The molecule has 3 aromatic carbocycles. The normalized spacial score (nSPS) is 11.3. The Bertz CT molecular complexity index is 1430. The molecule has 4 aromatic rings. The second kappa shape index (κ2) is 10.5. The van der Waals surface area contributed by atoms with E-state index in [-0.39, 0.29) is 22.9 Å². The van der Waals surface area contributed by atoms with Gasteiger partial charge in [-0.1, -0.05) is 36.4 Å². The van der Waals surface area contributed by atoms with Crippen molar-refractivity contribution in [3.63, 3.8) is 0 Å². The second-order valence-corrected chi connectivity index (χ2v) is 9.41. The largest absolute Gasteiger partial charge is 0.468 e. The van der Waals surface area contributed by atoms with Crippen LogP contribution in [-0.2, 0) is 26.1 Å². The summed E-state index contributed by atoms with van der Waals surface area (Å²) in [6.45, 7) is 1.81. The number of amides is 1. The molecule has 0 bridgehead atoms. The monoisotopic (exact) mass is 492 g/mol. The Kier molecular flexibility index (Phi) is 7.28. The standard InChI is InChI=1S/C26H24N2O6S/c1-2-28(24-11-5-8-19-7-3-4-10-23(19)24)25(29)18-34-26(30)20-12-14-22(15-13-20)35(31,32)27-17-21-9-6-16-33-21/h3-16,27H,2,17-18H2,1H3. The van der Waals surface area contributed by atoms with Crippen LogP contribution in [0.25, 0.3) is 10.8 Å². The molecule has 9 heteroatoms. The molecule has 35 heavy (non-hydrogen) atoms. The number of nitrogens with zero attached hydrogens (tertiary/aromatic N) is 1. The summed E-state index contributed by atoms with van der Waals surface area (Å²) in [4.78, 5) is 26.9. The van der Waals surface area contributed by atoms with E-state index in [9.17, 15) is 18.0 Å². The van der Waals surface area contributed by atoms with Gasteiger partial charge in [0.15, 0.2) is 6.61 Å². The zero-order valence-electron chi connectivity index (χ0n) is 19.0. The van der Waals surface area contributed by atoms with Gasteiger partial charge >= 0.3 is 5.97 Å². The summed E-state index contributed by atoms with van der Waals surface area (Å²) < 4.78 is 37.6. The predicted octanol–water partition coefficient (Wildman–Crippen LogP) is 4.12. The lowest BCUT2D eigenvalue weighted by atomic mass is 10.1. The lowest BCUT2D eigenvalue weighted by molar-refractivity contribution is -0.121. The highest BCUT2D eigenvalue weighted by molar-refractivity contribution is 7.89. The van der Waals surface area contributed by atoms with E-state index in [1.807, 2.05) is 49.4 Å². The molecule has 0 aliphatic heterocycles. The van der Waals surface area contributed by atoms with Gasteiger partial charge in [0.25, 0.3) is 5.91 Å². The van der Waals surface area contributed by atoms with Gasteiger partial charge in [0.1, 0.15) is 5.76 Å². The summed E-state index contributed by atoms with van der Waals surface area (Å²) in [5, 5.41) is 1.93. The van der Waals surface area contributed by atoms with Gasteiger partial charge in [-0.15, -0.1) is 0 Å². The van der Waals surface area contributed by atoms with Gasteiger partial charge < -0.3 is 14.1 Å². The summed E-state index contributed by atoms with van der Waals surface area (Å²) >= 11 is 0. The van der Waals surface area contributed by atoms with Crippen molar-refractivity contribution in [3.05, 3.63) is 96.4 Å². The maximum atomic E-state index is 12.9. The number of ether oxygens (including phenoxy) is 1. The van der Waals surface area contributed by atoms with Crippen LogP contribution in [0.5, 0.6) is 0 Å². The number of anilines is 1. The lowest BCUT2D eigenvalue weighted by Gasteiger charge is -2.22. The first-order chi connectivity index (χ1) is 16.9. The van der Waals surface area contributed by atoms with E-state index >= 15 is 0 Å². The van der Waals surface area contributed by atoms with E-state index < -0.39 is 22.6 Å². The minimum absolute atomic E-state index is 0.00582. The summed E-state index contributed by atoms with van der Waals surface area (Å²) in [5.74, 6) is -0.610. The molecule has 0 fully saturated rings. The SMILES string of the molecule is CCN(C(=O)COC(=O)c1ccc(S(=O)(=O)NCc2ccco2)cc1)c1cccc2ccccc12. The smallest absolute Gasteiger partial charge is 0.338 e. The molecule has 0 saturated carbocycles. The second-order valence-electron chi connectivity index (χ2n) is 7.64. The highest BCUT2D eigenvalue weighted by atomic mass is 32.2. The Morgan fingerprint density at radius 1 is 0.943 bits per heavy atom. The molecule has 0 atom stereocenters. The van der Waals surface area contributed by atoms with Crippen LogP contribution in [0.4, 0.5) is 5.69 Å². The molecule has 1 N–H and O–H groups in total. The molecule has 1 heterocycles. The molecule has 180 valence electrons. The maximum absolute atomic E-state index is 12.9. The van der Waals surface area contributed by atoms with Crippen molar-refractivity contribution < 1.29 is 27.2 Å². The van der Waals surface area contributed by atoms with Crippen molar-refractivity contribution in [1.82, 2.24) is 4.72 Å². The first-order valence-electron chi connectivity index (χ1n) is 11.0. The Hall–Kier alpha value is -3.95. The molecule has 1 amide bonds. The van der Waals surface area contributed by atoms with Gasteiger partial charge in [-0.3, -0.25) is 4.79 Å². The first-order valence-corrected chi connectivity index (χ1v) is 12.4. The number of rotatable bonds is 9. The fourth-order valence-electron chi connectivity index (χ4n) is 3.65. The number of likely N-dealkylation sites (N-methyl/N-ethyl adjacent to an activating group) is 1. The van der Waals surface area contributed by atoms with Crippen molar-refractivity contribution in [3.8, 4) is 0 Å². The lowest BCUT2D eigenvalue weighted by Crippen LogP contribution is -2.34. The highest BCUT2D eigenvalue weighted by Gasteiger charge is 2.20. The Morgan fingerprint density at radius 2 is 1.69 bits per heavy atom. The molecule has 0 radical (unpaired) electrons. The van der Waals surface area contributed by atoms with Crippen LogP contribution in [0.15, 0.2) is 94.4 Å². The third-order valence-corrected chi connectivity index (χ3v) is 6.84. The van der Waals surface area contributed by atoms with E-state index in [4.69, 9.17) is 9.15 Å². The number of hydrogen-bond acceptors (Lipinski definition) is 6. The fourth-order valence-corrected chi connectivity index (χ4v) is 4.64. The molecule has 0 spiro atoms. The highest BCUT2D eigenvalue weighted by Crippen LogP contribution is 2.26. The summed E-state index contributed by atoms with van der Waals surface area (Å²) in [7, 11) is -3.79. The van der Waals surface area contributed by atoms with E-state index in [0.29, 0.717) is 12.3 Å². The molecule has 1 aromatic heterocycles. The van der Waals surface area contributed by atoms with Crippen molar-refractivity contribution in [2.75, 3.05) is 18.1 Å². The number of nitrogens with one attached hydrogen (secondary N) is 1. The Balaban J connectivity index is 1.39. The van der Waals surface area contributed by atoms with Gasteiger partial charge in [-0.05, 0) is 54.8 Å². The van der Waals surface area contributed by atoms with Gasteiger partial charge in [0.2, 0.25) is 10.0 Å². The molecule has 8 nitrogen and oxygen atoms in total. The van der Waals surface area contributed by atoms with Crippen molar-refractivity contribution in [2.24, 2.45) is 0 Å². The first kappa shape index (κ1) is 24.2. The minimum atomic E-state index is -3.79. The molecular weight excluding hydrogens is 468 g/mol. The van der Waals surface area contributed by atoms with Gasteiger partial charge in [-0.2, -0.15) is 0 Å². The van der Waals surface area contributed by atoms with Crippen LogP contribution in [0.3, 0.4) is 0 Å². The third-order valence-electron chi connectivity index (χ3n) is 5.42. The van der Waals surface area contributed by atoms with Crippen LogP contribution in [0, 0.1) is 0 Å². The van der Waals surface area contributed by atoms with E-state index in [2.05, 4.69) is 4.72 Å². The topological polar surface area (TPSA) is 106 Å². The zero-order chi connectivity index (χ0) is 24.8. The average molecular weight is 493 g/mol. The summed E-state index contributed by atoms with van der Waals surface area (Å²) in [5.41, 5.74) is 0.874. The third kappa shape index (κ3) is 5.59. The molecular formula is C26H24N2O6S. The number of hydrogen-bond donors (Lipinski definition) is 1. The quantitative estimate of drug-likeness (QED) is 0.352. The van der Waals surface area contributed by atoms with Gasteiger partial charge in [-0.25, -0.2) is 17.9 Å². The van der Waals surface area contributed by atoms with E-state index in [1.54, 1.807) is 17.0 Å². The van der Waals surface area contributed by atoms with Gasteiger partial charge in [0, 0.05) is 11.9 Å². The van der Waals surface area contributed by atoms with E-state index in [1.165, 1.54) is 30.5 Å². The molecule has 0 saturated heterocycles. The predicted molar refractivity (Wildman–Crippen MR) is 131 cm³/mol. The summed E-state index contributed by atoms with van der Waals surface area (Å²) in [6.07, 6.45) is 1.45. The Morgan fingerprint density at radius 3 is 2.40 bits per heavy atom. The minimum Gasteiger partial charge on any atom is -0.468 e. The van der Waals surface area contributed by atoms with Crippen LogP contribution < -0.4 is 9.62 Å². The molecule has 0 aliphatic rings. The van der Waals surface area contributed by atoms with Gasteiger partial charge in [0.05, 0.1) is 29.0 Å². The fraction of sp³-hybridized carbons (Fsp3) is 0.154. The molecule has 0 aliphatic carbocycles. The number of carbonyl (C=O) groups is 2. The van der Waals surface area contributed by atoms with Crippen molar-refractivity contribution in [1.29, 1.82) is 0 Å². The number of fused-ring (bicyclic) bond motifs is 1. The van der Waals surface area contributed by atoms with Crippen LogP contribution >= 0.6 is 0 Å². The van der Waals surface area contributed by atoms with Crippen molar-refractivity contribution >= 4 is 38.4 Å². The number of esters is 1. The van der Waals surface area contributed by atoms with Crippen molar-refractivity contribution in [2.45, 2.75) is 18.4 Å². The maximum Gasteiger partial charge on any atom is 0.338 e. The number of furan rings is 1. The summed E-state index contributed by atoms with van der Waals surface area (Å²) in [6, 6.07) is 22.0. The Labute approximate surface area is 203 Å². The van der Waals surface area contributed by atoms with Crippen LogP contribution in [0.1, 0.15) is 23.0 Å². The molecule has 0 unspecified atom stereocenters. The number of carbonyl (C=O) groups excluding carboxylic acids is 2. The molecule has 4 rings (SSSR count). The van der Waals surface area contributed by atoms with Crippen LogP contribution in [-0.4, -0.2) is 33.4 Å². The average Bonchev–Trinajstić information content (AvgIpc) is 3.41. The van der Waals surface area contributed by atoms with Crippen LogP contribution in [0.2, 0.25) is 0 Å². The number of sulfonamides is 1. The number of benzene rings is 3. The van der Waals surface area contributed by atoms with E-state index in [0.717, 1.165) is 16.5 Å².